The van der Waals surface area contributed by atoms with Gasteiger partial charge in [0.25, 0.3) is 0 Å². The minimum atomic E-state index is 0.228. The third-order valence-corrected chi connectivity index (χ3v) is 3.20. The van der Waals surface area contributed by atoms with Crippen molar-refractivity contribution in [2.24, 2.45) is 0 Å². The predicted octanol–water partition coefficient (Wildman–Crippen LogP) is 1.61. The Bertz CT molecular complexity index is 387. The summed E-state index contributed by atoms with van der Waals surface area (Å²) in [4.78, 5) is 6.79. The Balaban J connectivity index is 1.82. The molecule has 0 bridgehead atoms. The molecule has 1 saturated heterocycles. The van der Waals surface area contributed by atoms with Gasteiger partial charge in [-0.05, 0) is 19.5 Å². The standard InChI is InChI=1S/C14H23N3O2/c1-3-17-8-9-19-12(11-17)10-15-13-6-5-7-14(16-13)18-4-2/h5-7,12H,3-4,8-11H2,1-2H3,(H,15,16). The van der Waals surface area contributed by atoms with E-state index in [0.717, 1.165) is 38.6 Å². The first-order chi connectivity index (χ1) is 9.31. The van der Waals surface area contributed by atoms with E-state index in [9.17, 15) is 0 Å². The molecule has 0 radical (unpaired) electrons. The van der Waals surface area contributed by atoms with Gasteiger partial charge in [0.2, 0.25) is 5.88 Å². The lowest BCUT2D eigenvalue weighted by atomic mass is 10.2. The third-order valence-electron chi connectivity index (χ3n) is 3.20. The lowest BCUT2D eigenvalue weighted by Crippen LogP contribution is -2.45. The average Bonchev–Trinajstić information content (AvgIpc) is 2.46. The maximum Gasteiger partial charge on any atom is 0.215 e. The van der Waals surface area contributed by atoms with Gasteiger partial charge in [0.05, 0.1) is 19.3 Å². The fourth-order valence-corrected chi connectivity index (χ4v) is 2.15. The van der Waals surface area contributed by atoms with E-state index < -0.39 is 0 Å². The number of likely N-dealkylation sites (N-methyl/N-ethyl adjacent to an activating group) is 1. The van der Waals surface area contributed by atoms with Gasteiger partial charge in [-0.2, -0.15) is 4.98 Å². The van der Waals surface area contributed by atoms with Crippen LogP contribution in [0.3, 0.4) is 0 Å². The Kier molecular flexibility index (Phi) is 5.42. The summed E-state index contributed by atoms with van der Waals surface area (Å²) in [6.45, 7) is 9.46. The van der Waals surface area contributed by atoms with Crippen molar-refractivity contribution in [3.8, 4) is 5.88 Å². The van der Waals surface area contributed by atoms with Crippen LogP contribution in [0.1, 0.15) is 13.8 Å². The molecule has 0 aliphatic carbocycles. The average molecular weight is 265 g/mol. The van der Waals surface area contributed by atoms with Gasteiger partial charge in [0, 0.05) is 25.7 Å². The van der Waals surface area contributed by atoms with Gasteiger partial charge in [-0.25, -0.2) is 0 Å². The van der Waals surface area contributed by atoms with Crippen molar-refractivity contribution in [1.29, 1.82) is 0 Å². The van der Waals surface area contributed by atoms with Crippen molar-refractivity contribution < 1.29 is 9.47 Å². The van der Waals surface area contributed by atoms with Crippen molar-refractivity contribution >= 4 is 5.82 Å². The molecule has 2 rings (SSSR count). The van der Waals surface area contributed by atoms with Gasteiger partial charge in [0.15, 0.2) is 0 Å². The second-order valence-corrected chi connectivity index (χ2v) is 4.56. The number of hydrogen-bond donors (Lipinski definition) is 1. The first kappa shape index (κ1) is 14.1. The molecule has 1 aromatic rings. The Hall–Kier alpha value is -1.33. The van der Waals surface area contributed by atoms with Crippen LogP contribution in [0.25, 0.3) is 0 Å². The fourth-order valence-electron chi connectivity index (χ4n) is 2.15. The molecule has 106 valence electrons. The molecule has 5 nitrogen and oxygen atoms in total. The Morgan fingerprint density at radius 3 is 3.16 bits per heavy atom. The molecule has 5 heteroatoms. The molecule has 2 heterocycles. The number of morpholine rings is 1. The van der Waals surface area contributed by atoms with Crippen LogP contribution in [0, 0.1) is 0 Å². The van der Waals surface area contributed by atoms with E-state index in [1.165, 1.54) is 0 Å². The van der Waals surface area contributed by atoms with Gasteiger partial charge in [-0.15, -0.1) is 0 Å². The van der Waals surface area contributed by atoms with Gasteiger partial charge < -0.3 is 14.8 Å². The topological polar surface area (TPSA) is 46.6 Å². The maximum absolute atomic E-state index is 5.75. The van der Waals surface area contributed by atoms with Crippen LogP contribution in [0.5, 0.6) is 5.88 Å². The fraction of sp³-hybridized carbons (Fsp3) is 0.643. The van der Waals surface area contributed by atoms with Crippen LogP contribution >= 0.6 is 0 Å². The zero-order valence-electron chi connectivity index (χ0n) is 11.8. The van der Waals surface area contributed by atoms with Crippen molar-refractivity contribution in [2.45, 2.75) is 20.0 Å². The molecule has 1 unspecified atom stereocenters. The van der Waals surface area contributed by atoms with E-state index in [1.54, 1.807) is 0 Å². The van der Waals surface area contributed by atoms with Gasteiger partial charge in [0.1, 0.15) is 5.82 Å². The van der Waals surface area contributed by atoms with Crippen LogP contribution in [-0.4, -0.2) is 55.4 Å². The van der Waals surface area contributed by atoms with Crippen LogP contribution in [0.15, 0.2) is 18.2 Å². The minimum absolute atomic E-state index is 0.228. The van der Waals surface area contributed by atoms with E-state index >= 15 is 0 Å². The number of anilines is 1. The molecule has 1 aliphatic rings. The Labute approximate surface area is 114 Å². The number of nitrogens with one attached hydrogen (secondary N) is 1. The lowest BCUT2D eigenvalue weighted by Gasteiger charge is -2.32. The largest absolute Gasteiger partial charge is 0.478 e. The zero-order chi connectivity index (χ0) is 13.5. The molecule has 0 aromatic carbocycles. The number of rotatable bonds is 6. The molecule has 0 saturated carbocycles. The van der Waals surface area contributed by atoms with Crippen LogP contribution in [0.4, 0.5) is 5.82 Å². The molecule has 0 spiro atoms. The summed E-state index contributed by atoms with van der Waals surface area (Å²) >= 11 is 0. The van der Waals surface area contributed by atoms with E-state index in [2.05, 4.69) is 22.1 Å². The van der Waals surface area contributed by atoms with Crippen molar-refractivity contribution in [2.75, 3.05) is 44.7 Å². The molecule has 19 heavy (non-hydrogen) atoms. The number of pyridine rings is 1. The van der Waals surface area contributed by atoms with E-state index in [-0.39, 0.29) is 6.10 Å². The summed E-state index contributed by atoms with van der Waals surface area (Å²) in [5.74, 6) is 1.50. The van der Waals surface area contributed by atoms with Crippen molar-refractivity contribution in [1.82, 2.24) is 9.88 Å². The molecule has 1 aliphatic heterocycles. The van der Waals surface area contributed by atoms with Crippen LogP contribution in [0.2, 0.25) is 0 Å². The summed E-state index contributed by atoms with van der Waals surface area (Å²) < 4.78 is 11.1. The summed E-state index contributed by atoms with van der Waals surface area (Å²) in [7, 11) is 0. The summed E-state index contributed by atoms with van der Waals surface area (Å²) in [5.41, 5.74) is 0. The SMILES string of the molecule is CCOc1cccc(NCC2CN(CC)CCO2)n1. The van der Waals surface area contributed by atoms with Crippen molar-refractivity contribution in [3.63, 3.8) is 0 Å². The first-order valence-electron chi connectivity index (χ1n) is 6.99. The van der Waals surface area contributed by atoms with Crippen LogP contribution < -0.4 is 10.1 Å². The Morgan fingerprint density at radius 2 is 2.37 bits per heavy atom. The second kappa shape index (κ2) is 7.31. The summed E-state index contributed by atoms with van der Waals surface area (Å²) in [6, 6.07) is 5.76. The molecule has 1 aromatic heterocycles. The summed E-state index contributed by atoms with van der Waals surface area (Å²) in [6.07, 6.45) is 0.228. The molecule has 1 N–H and O–H groups in total. The van der Waals surface area contributed by atoms with Gasteiger partial charge in [-0.3, -0.25) is 4.90 Å². The minimum Gasteiger partial charge on any atom is -0.478 e. The number of ether oxygens (including phenoxy) is 2. The quantitative estimate of drug-likeness (QED) is 0.847. The number of nitrogens with zero attached hydrogens (tertiary/aromatic N) is 2. The highest BCUT2D eigenvalue weighted by Gasteiger charge is 2.18. The van der Waals surface area contributed by atoms with E-state index in [4.69, 9.17) is 9.47 Å². The highest BCUT2D eigenvalue weighted by molar-refractivity contribution is 5.37. The van der Waals surface area contributed by atoms with E-state index in [1.807, 2.05) is 25.1 Å². The molecular formula is C14H23N3O2. The van der Waals surface area contributed by atoms with Gasteiger partial charge >= 0.3 is 0 Å². The third kappa shape index (κ3) is 4.36. The number of aromatic nitrogens is 1. The monoisotopic (exact) mass is 265 g/mol. The first-order valence-corrected chi connectivity index (χ1v) is 6.99. The smallest absolute Gasteiger partial charge is 0.215 e. The molecule has 0 amide bonds. The van der Waals surface area contributed by atoms with E-state index in [0.29, 0.717) is 12.5 Å². The predicted molar refractivity (Wildman–Crippen MR) is 75.7 cm³/mol. The zero-order valence-corrected chi connectivity index (χ0v) is 11.8. The molecule has 1 fully saturated rings. The summed E-state index contributed by atoms with van der Waals surface area (Å²) in [5, 5.41) is 3.32. The lowest BCUT2D eigenvalue weighted by molar-refractivity contribution is -0.0192. The normalized spacial score (nSPS) is 20.2. The highest BCUT2D eigenvalue weighted by atomic mass is 16.5. The van der Waals surface area contributed by atoms with Crippen LogP contribution in [-0.2, 0) is 4.74 Å². The van der Waals surface area contributed by atoms with Gasteiger partial charge in [-0.1, -0.05) is 13.0 Å². The molecule has 1 atom stereocenters. The number of hydrogen-bond acceptors (Lipinski definition) is 5. The molecular weight excluding hydrogens is 242 g/mol. The second-order valence-electron chi connectivity index (χ2n) is 4.56. The van der Waals surface area contributed by atoms with Crippen molar-refractivity contribution in [3.05, 3.63) is 18.2 Å². The Morgan fingerprint density at radius 1 is 1.47 bits per heavy atom. The maximum atomic E-state index is 5.75. The highest BCUT2D eigenvalue weighted by Crippen LogP contribution is 2.12.